The van der Waals surface area contributed by atoms with Crippen molar-refractivity contribution in [1.29, 1.82) is 0 Å². The van der Waals surface area contributed by atoms with E-state index < -0.39 is 50.7 Å². The van der Waals surface area contributed by atoms with E-state index in [0.29, 0.717) is 16.9 Å². The fourth-order valence-corrected chi connectivity index (χ4v) is 7.26. The third kappa shape index (κ3) is 3.93. The second-order valence-electron chi connectivity index (χ2n) is 11.4. The Morgan fingerprint density at radius 1 is 0.800 bits per heavy atom. The second kappa shape index (κ2) is 10.1. The molecule has 4 aromatic rings. The minimum absolute atomic E-state index is 0.0129. The van der Waals surface area contributed by atoms with E-state index >= 15 is 0 Å². The maximum Gasteiger partial charge on any atom is 0.270 e. The van der Waals surface area contributed by atoms with Gasteiger partial charge in [-0.05, 0) is 42.3 Å². The molecule has 1 N–H and O–H groups in total. The van der Waals surface area contributed by atoms with Crippen LogP contribution in [0, 0.1) is 26.1 Å². The smallest absolute Gasteiger partial charge is 0.270 e. The van der Waals surface area contributed by atoms with E-state index in [-0.39, 0.29) is 22.5 Å². The average molecular weight is 601 g/mol. The standard InChI is InChI=1S/C34H24N4O7/c1-19-17-28-34(25-10-3-4-11-26(25)35-33(34)41)29(31(39)21-7-6-8-23(18-21)38(44)45)30(36(28)27-12-5-2-9-24(19)27)32(40)20-13-15-22(16-14-20)37(42)43/h2-18,28-30H,1H3,(H,35,41)/t28-,29-,30+,34+/m0/s1. The van der Waals surface area contributed by atoms with Crippen LogP contribution in [0.15, 0.2) is 103 Å². The number of carbonyl (C=O) groups excluding carboxylic acids is 3. The topological polar surface area (TPSA) is 153 Å². The van der Waals surface area contributed by atoms with Crippen molar-refractivity contribution in [2.24, 2.45) is 5.92 Å². The summed E-state index contributed by atoms with van der Waals surface area (Å²) in [6, 6.07) is 22.8. The molecule has 45 heavy (non-hydrogen) atoms. The SMILES string of the molecule is CC1=C[C@@H]2N(c3ccccc31)[C@@H](C(=O)c1ccc([N+](=O)[O-])cc1)[C@@H](C(=O)c1cccc([N+](=O)[O-])c1)[C@]21C(=O)Nc2ccccc21. The molecule has 11 nitrogen and oxygen atoms in total. The van der Waals surface area contributed by atoms with E-state index in [4.69, 9.17) is 0 Å². The molecular formula is C34H24N4O7. The van der Waals surface area contributed by atoms with E-state index in [1.165, 1.54) is 42.5 Å². The molecule has 1 saturated heterocycles. The molecule has 7 rings (SSSR count). The summed E-state index contributed by atoms with van der Waals surface area (Å²) in [6.07, 6.45) is 1.90. The number of nitro groups is 2. The van der Waals surface area contributed by atoms with Crippen LogP contribution in [0.3, 0.4) is 0 Å². The van der Waals surface area contributed by atoms with Crippen LogP contribution < -0.4 is 10.2 Å². The molecule has 0 aromatic heterocycles. The van der Waals surface area contributed by atoms with Crippen molar-refractivity contribution in [3.05, 3.63) is 146 Å². The zero-order valence-electron chi connectivity index (χ0n) is 23.7. The Hall–Kier alpha value is -5.97. The largest absolute Gasteiger partial charge is 0.352 e. The van der Waals surface area contributed by atoms with E-state index in [2.05, 4.69) is 5.32 Å². The number of anilines is 2. The molecule has 4 aromatic carbocycles. The number of rotatable bonds is 6. The Morgan fingerprint density at radius 3 is 2.22 bits per heavy atom. The Bertz CT molecular complexity index is 2000. The molecule has 0 aliphatic carbocycles. The number of fused-ring (bicyclic) bond motifs is 6. The number of nitro benzene ring substituents is 2. The van der Waals surface area contributed by atoms with E-state index in [9.17, 15) is 34.6 Å². The minimum atomic E-state index is -1.60. The Kier molecular flexibility index (Phi) is 6.22. The summed E-state index contributed by atoms with van der Waals surface area (Å²) in [6.45, 7) is 1.91. The number of allylic oxidation sites excluding steroid dienone is 1. The third-order valence-corrected chi connectivity index (χ3v) is 9.14. The fourth-order valence-electron chi connectivity index (χ4n) is 7.26. The fraction of sp³-hybridized carbons (Fsp3) is 0.147. The van der Waals surface area contributed by atoms with E-state index in [1.54, 1.807) is 24.3 Å². The molecular weight excluding hydrogens is 576 g/mol. The predicted molar refractivity (Wildman–Crippen MR) is 165 cm³/mol. The molecule has 0 bridgehead atoms. The Morgan fingerprint density at radius 2 is 1.49 bits per heavy atom. The zero-order valence-corrected chi connectivity index (χ0v) is 23.7. The van der Waals surface area contributed by atoms with Crippen LogP contribution in [0.1, 0.15) is 38.8 Å². The van der Waals surface area contributed by atoms with E-state index in [0.717, 1.165) is 17.2 Å². The van der Waals surface area contributed by atoms with Crippen molar-refractivity contribution >= 4 is 45.8 Å². The predicted octanol–water partition coefficient (Wildman–Crippen LogP) is 5.75. The maximum absolute atomic E-state index is 14.9. The van der Waals surface area contributed by atoms with Crippen molar-refractivity contribution in [1.82, 2.24) is 0 Å². The van der Waals surface area contributed by atoms with Gasteiger partial charge in [-0.1, -0.05) is 54.6 Å². The molecule has 1 spiro atoms. The summed E-state index contributed by atoms with van der Waals surface area (Å²) in [5.41, 5.74) is 1.36. The summed E-state index contributed by atoms with van der Waals surface area (Å²) in [5, 5.41) is 26.0. The average Bonchev–Trinajstić information content (AvgIpc) is 3.52. The molecule has 3 heterocycles. The molecule has 1 fully saturated rings. The third-order valence-electron chi connectivity index (χ3n) is 9.14. The van der Waals surface area contributed by atoms with Crippen LogP contribution in [0.4, 0.5) is 22.7 Å². The highest BCUT2D eigenvalue weighted by atomic mass is 16.6. The molecule has 0 unspecified atom stereocenters. The number of nitrogens with one attached hydrogen (secondary N) is 1. The lowest BCUT2D eigenvalue weighted by molar-refractivity contribution is -0.385. The molecule has 11 heteroatoms. The summed E-state index contributed by atoms with van der Waals surface area (Å²) in [5.74, 6) is -2.93. The monoisotopic (exact) mass is 600 g/mol. The van der Waals surface area contributed by atoms with Crippen LogP contribution in [0.2, 0.25) is 0 Å². The number of para-hydroxylation sites is 2. The van der Waals surface area contributed by atoms with Crippen molar-refractivity contribution in [3.63, 3.8) is 0 Å². The maximum atomic E-state index is 14.9. The van der Waals surface area contributed by atoms with Crippen molar-refractivity contribution in [3.8, 4) is 0 Å². The molecule has 3 aliphatic rings. The van der Waals surface area contributed by atoms with Gasteiger partial charge < -0.3 is 10.2 Å². The second-order valence-corrected chi connectivity index (χ2v) is 11.4. The zero-order chi connectivity index (χ0) is 31.6. The summed E-state index contributed by atoms with van der Waals surface area (Å²) >= 11 is 0. The van der Waals surface area contributed by atoms with Gasteiger partial charge in [-0.3, -0.25) is 34.6 Å². The van der Waals surface area contributed by atoms with Gasteiger partial charge in [0.25, 0.3) is 11.4 Å². The Labute approximate surface area is 256 Å². The van der Waals surface area contributed by atoms with Crippen LogP contribution in [-0.4, -0.2) is 39.4 Å². The van der Waals surface area contributed by atoms with Crippen LogP contribution in [0.25, 0.3) is 5.57 Å². The molecule has 0 saturated carbocycles. The van der Waals surface area contributed by atoms with Crippen molar-refractivity contribution < 1.29 is 24.2 Å². The Balaban J connectivity index is 1.53. The van der Waals surface area contributed by atoms with Crippen LogP contribution in [-0.2, 0) is 10.2 Å². The van der Waals surface area contributed by atoms with Gasteiger partial charge in [0.2, 0.25) is 5.91 Å². The number of hydrogen-bond donors (Lipinski definition) is 1. The van der Waals surface area contributed by atoms with Crippen LogP contribution >= 0.6 is 0 Å². The molecule has 0 radical (unpaired) electrons. The number of carbonyl (C=O) groups is 3. The van der Waals surface area contributed by atoms with Gasteiger partial charge in [0, 0.05) is 52.3 Å². The summed E-state index contributed by atoms with van der Waals surface area (Å²) in [7, 11) is 0. The van der Waals surface area contributed by atoms with Crippen molar-refractivity contribution in [2.45, 2.75) is 24.4 Å². The molecule has 1 amide bonds. The van der Waals surface area contributed by atoms with Gasteiger partial charge in [-0.2, -0.15) is 0 Å². The van der Waals surface area contributed by atoms with Gasteiger partial charge in [0.05, 0.1) is 21.8 Å². The van der Waals surface area contributed by atoms with Gasteiger partial charge >= 0.3 is 0 Å². The summed E-state index contributed by atoms with van der Waals surface area (Å²) < 4.78 is 0. The first kappa shape index (κ1) is 27.8. The lowest BCUT2D eigenvalue weighted by atomic mass is 9.64. The first-order valence-corrected chi connectivity index (χ1v) is 14.2. The van der Waals surface area contributed by atoms with Gasteiger partial charge in [0.15, 0.2) is 11.6 Å². The number of non-ortho nitro benzene ring substituents is 2. The normalized spacial score (nSPS) is 22.6. The van der Waals surface area contributed by atoms with Gasteiger partial charge in [-0.25, -0.2) is 0 Å². The minimum Gasteiger partial charge on any atom is -0.352 e. The number of Topliss-reactive ketones (excluding diaryl/α,β-unsaturated/α-hetero) is 2. The quantitative estimate of drug-likeness (QED) is 0.167. The van der Waals surface area contributed by atoms with Gasteiger partial charge in [0.1, 0.15) is 11.5 Å². The molecule has 222 valence electrons. The summed E-state index contributed by atoms with van der Waals surface area (Å²) in [4.78, 5) is 67.7. The number of nitrogens with zero attached hydrogens (tertiary/aromatic N) is 3. The lowest BCUT2D eigenvalue weighted by Gasteiger charge is -2.39. The number of benzene rings is 4. The van der Waals surface area contributed by atoms with Crippen molar-refractivity contribution in [2.75, 3.05) is 10.2 Å². The molecule has 4 atom stereocenters. The highest BCUT2D eigenvalue weighted by Crippen LogP contribution is 2.58. The highest BCUT2D eigenvalue weighted by molar-refractivity contribution is 6.18. The van der Waals surface area contributed by atoms with Gasteiger partial charge in [-0.15, -0.1) is 0 Å². The first-order valence-electron chi connectivity index (χ1n) is 14.2. The lowest BCUT2D eigenvalue weighted by Crippen LogP contribution is -2.51. The number of hydrogen-bond acceptors (Lipinski definition) is 8. The van der Waals surface area contributed by atoms with E-state index in [1.807, 2.05) is 42.2 Å². The molecule has 3 aliphatic heterocycles. The highest BCUT2D eigenvalue weighted by Gasteiger charge is 2.70. The number of ketones is 2. The first-order chi connectivity index (χ1) is 21.6. The number of amides is 1. The van der Waals surface area contributed by atoms with Crippen LogP contribution in [0.5, 0.6) is 0 Å².